The summed E-state index contributed by atoms with van der Waals surface area (Å²) in [6.07, 6.45) is 0. The Balaban J connectivity index is 0.000000228. The Kier molecular flexibility index (Phi) is 6.12. The number of ether oxygens (including phenoxy) is 1. The third-order valence-electron chi connectivity index (χ3n) is 4.25. The van der Waals surface area contributed by atoms with Gasteiger partial charge in [-0.05, 0) is 59.7 Å². The molecule has 0 saturated heterocycles. The van der Waals surface area contributed by atoms with Crippen molar-refractivity contribution in [3.8, 4) is 23.0 Å². The summed E-state index contributed by atoms with van der Waals surface area (Å²) < 4.78 is 4.86. The molecule has 136 valence electrons. The van der Waals surface area contributed by atoms with Gasteiger partial charge in [0, 0.05) is 5.41 Å². The predicted octanol–water partition coefficient (Wildman–Crippen LogP) is 4.82. The first-order valence-corrected chi connectivity index (χ1v) is 8.25. The van der Waals surface area contributed by atoms with E-state index >= 15 is 0 Å². The maximum Gasteiger partial charge on any atom is 0.119 e. The first-order chi connectivity index (χ1) is 12.3. The van der Waals surface area contributed by atoms with E-state index in [0.717, 1.165) is 16.9 Å². The zero-order valence-electron chi connectivity index (χ0n) is 15.2. The number of phenolic OH excluding ortho intramolecular Hbond substituents is 3. The van der Waals surface area contributed by atoms with E-state index < -0.39 is 0 Å². The van der Waals surface area contributed by atoms with Gasteiger partial charge in [-0.15, -0.1) is 0 Å². The third-order valence-corrected chi connectivity index (χ3v) is 4.25. The van der Waals surface area contributed by atoms with Crippen LogP contribution in [0.1, 0.15) is 25.0 Å². The van der Waals surface area contributed by atoms with Gasteiger partial charge < -0.3 is 20.1 Å². The van der Waals surface area contributed by atoms with E-state index in [1.165, 1.54) is 0 Å². The van der Waals surface area contributed by atoms with Crippen LogP contribution in [-0.2, 0) is 5.41 Å². The monoisotopic (exact) mass is 352 g/mol. The molecular formula is C22H24O4. The van der Waals surface area contributed by atoms with E-state index in [0.29, 0.717) is 0 Å². The molecular weight excluding hydrogens is 328 g/mol. The van der Waals surface area contributed by atoms with Crippen molar-refractivity contribution in [1.82, 2.24) is 0 Å². The summed E-state index contributed by atoms with van der Waals surface area (Å²) in [5.74, 6) is 1.56. The van der Waals surface area contributed by atoms with Gasteiger partial charge in [-0.3, -0.25) is 0 Å². The number of hydrogen-bond donors (Lipinski definition) is 3. The molecule has 0 radical (unpaired) electrons. The van der Waals surface area contributed by atoms with Crippen LogP contribution in [0.5, 0.6) is 23.0 Å². The molecule has 3 aromatic carbocycles. The maximum absolute atomic E-state index is 9.30. The molecule has 0 saturated carbocycles. The summed E-state index contributed by atoms with van der Waals surface area (Å²) in [6.45, 7) is 4.23. The highest BCUT2D eigenvalue weighted by Gasteiger charge is 2.22. The van der Waals surface area contributed by atoms with E-state index in [4.69, 9.17) is 9.84 Å². The summed E-state index contributed by atoms with van der Waals surface area (Å²) in [7, 11) is 1.59. The molecule has 0 aliphatic rings. The largest absolute Gasteiger partial charge is 0.508 e. The summed E-state index contributed by atoms with van der Waals surface area (Å²) in [5.41, 5.74) is 2.10. The Labute approximate surface area is 154 Å². The average molecular weight is 352 g/mol. The quantitative estimate of drug-likeness (QED) is 0.632. The lowest BCUT2D eigenvalue weighted by atomic mass is 9.78. The van der Waals surface area contributed by atoms with Crippen LogP contribution in [0.15, 0.2) is 72.8 Å². The Morgan fingerprint density at radius 1 is 0.577 bits per heavy atom. The predicted molar refractivity (Wildman–Crippen MR) is 103 cm³/mol. The fourth-order valence-electron chi connectivity index (χ4n) is 2.51. The Bertz CT molecular complexity index is 757. The van der Waals surface area contributed by atoms with E-state index in [9.17, 15) is 10.2 Å². The van der Waals surface area contributed by atoms with Gasteiger partial charge in [0.05, 0.1) is 7.11 Å². The molecule has 4 heteroatoms. The van der Waals surface area contributed by atoms with Gasteiger partial charge in [-0.1, -0.05) is 38.1 Å². The zero-order valence-corrected chi connectivity index (χ0v) is 15.2. The number of benzene rings is 3. The normalized spacial score (nSPS) is 10.6. The number of rotatable bonds is 3. The van der Waals surface area contributed by atoms with Gasteiger partial charge >= 0.3 is 0 Å². The Hall–Kier alpha value is -3.14. The molecule has 3 N–H and O–H groups in total. The fraction of sp³-hybridized carbons (Fsp3) is 0.182. The summed E-state index contributed by atoms with van der Waals surface area (Å²) in [6, 6.07) is 21.0. The smallest absolute Gasteiger partial charge is 0.119 e. The fourth-order valence-corrected chi connectivity index (χ4v) is 2.51. The van der Waals surface area contributed by atoms with Crippen LogP contribution in [0.25, 0.3) is 0 Å². The van der Waals surface area contributed by atoms with Gasteiger partial charge in [0.25, 0.3) is 0 Å². The van der Waals surface area contributed by atoms with E-state index in [-0.39, 0.29) is 22.7 Å². The van der Waals surface area contributed by atoms with Crippen LogP contribution >= 0.6 is 0 Å². The van der Waals surface area contributed by atoms with Crippen molar-refractivity contribution < 1.29 is 20.1 Å². The second-order valence-electron chi connectivity index (χ2n) is 6.42. The molecule has 0 atom stereocenters. The number of hydrogen-bond acceptors (Lipinski definition) is 4. The molecule has 0 aromatic heterocycles. The molecule has 0 heterocycles. The van der Waals surface area contributed by atoms with Crippen LogP contribution in [0, 0.1) is 0 Å². The van der Waals surface area contributed by atoms with Crippen LogP contribution in [0.4, 0.5) is 0 Å². The van der Waals surface area contributed by atoms with Gasteiger partial charge in [-0.25, -0.2) is 0 Å². The van der Waals surface area contributed by atoms with Crippen molar-refractivity contribution in [2.75, 3.05) is 7.11 Å². The molecule has 0 fully saturated rings. The third kappa shape index (κ3) is 4.93. The lowest BCUT2D eigenvalue weighted by Crippen LogP contribution is -2.18. The highest BCUT2D eigenvalue weighted by molar-refractivity contribution is 5.41. The molecule has 3 aromatic rings. The Morgan fingerprint density at radius 2 is 0.885 bits per heavy atom. The molecule has 0 bridgehead atoms. The van der Waals surface area contributed by atoms with Crippen LogP contribution in [0.3, 0.4) is 0 Å². The van der Waals surface area contributed by atoms with Crippen molar-refractivity contribution in [2.45, 2.75) is 19.3 Å². The molecule has 0 unspecified atom stereocenters. The lowest BCUT2D eigenvalue weighted by Gasteiger charge is -2.26. The van der Waals surface area contributed by atoms with Crippen molar-refractivity contribution in [2.24, 2.45) is 0 Å². The second kappa shape index (κ2) is 8.30. The van der Waals surface area contributed by atoms with Gasteiger partial charge in [0.15, 0.2) is 0 Å². The van der Waals surface area contributed by atoms with Crippen molar-refractivity contribution in [3.63, 3.8) is 0 Å². The standard InChI is InChI=1S/C15H16O2.C7H8O2/c1-15(2,11-3-7-13(16)8-4-11)12-5-9-14(17)10-6-12;1-9-7-4-2-6(8)3-5-7/h3-10,16-17H,1-2H3;2-5,8H,1H3. The van der Waals surface area contributed by atoms with E-state index in [2.05, 4.69) is 13.8 Å². The Morgan fingerprint density at radius 3 is 1.19 bits per heavy atom. The summed E-state index contributed by atoms with van der Waals surface area (Å²) >= 11 is 0. The molecule has 0 aliphatic heterocycles. The van der Waals surface area contributed by atoms with E-state index in [1.54, 1.807) is 55.6 Å². The molecule has 3 rings (SSSR count). The van der Waals surface area contributed by atoms with Gasteiger partial charge in [0.1, 0.15) is 23.0 Å². The highest BCUT2D eigenvalue weighted by atomic mass is 16.5. The highest BCUT2D eigenvalue weighted by Crippen LogP contribution is 2.32. The lowest BCUT2D eigenvalue weighted by molar-refractivity contribution is 0.412. The van der Waals surface area contributed by atoms with Crippen molar-refractivity contribution >= 4 is 0 Å². The van der Waals surface area contributed by atoms with Crippen molar-refractivity contribution in [1.29, 1.82) is 0 Å². The molecule has 0 aliphatic carbocycles. The maximum atomic E-state index is 9.30. The molecule has 0 spiro atoms. The average Bonchev–Trinajstić information content (AvgIpc) is 2.64. The molecule has 26 heavy (non-hydrogen) atoms. The number of aromatic hydroxyl groups is 3. The summed E-state index contributed by atoms with van der Waals surface area (Å²) in [4.78, 5) is 0. The number of methoxy groups -OCH3 is 1. The van der Waals surface area contributed by atoms with Gasteiger partial charge in [-0.2, -0.15) is 0 Å². The van der Waals surface area contributed by atoms with Gasteiger partial charge in [0.2, 0.25) is 0 Å². The first kappa shape index (κ1) is 19.2. The number of phenols is 3. The second-order valence-corrected chi connectivity index (χ2v) is 6.42. The SMILES string of the molecule is CC(C)(c1ccc(O)cc1)c1ccc(O)cc1.COc1ccc(O)cc1. The minimum Gasteiger partial charge on any atom is -0.508 e. The van der Waals surface area contributed by atoms with Crippen LogP contribution in [-0.4, -0.2) is 22.4 Å². The van der Waals surface area contributed by atoms with Crippen LogP contribution < -0.4 is 4.74 Å². The first-order valence-electron chi connectivity index (χ1n) is 8.25. The summed E-state index contributed by atoms with van der Waals surface area (Å²) in [5, 5.41) is 27.4. The van der Waals surface area contributed by atoms with E-state index in [1.807, 2.05) is 24.3 Å². The molecule has 0 amide bonds. The minimum atomic E-state index is -0.151. The van der Waals surface area contributed by atoms with Crippen LogP contribution in [0.2, 0.25) is 0 Å². The zero-order chi connectivity index (χ0) is 19.2. The minimum absolute atomic E-state index is 0.151. The van der Waals surface area contributed by atoms with Crippen molar-refractivity contribution in [3.05, 3.63) is 83.9 Å². The molecule has 4 nitrogen and oxygen atoms in total. The topological polar surface area (TPSA) is 69.9 Å².